The Bertz CT molecular complexity index is 1100. The molecule has 0 aromatic rings. The van der Waals surface area contributed by atoms with Gasteiger partial charge in [-0.1, -0.05) is 128 Å². The molecule has 4 aliphatic carbocycles. The van der Waals surface area contributed by atoms with Crippen molar-refractivity contribution in [1.82, 2.24) is 0 Å². The molecule has 0 heterocycles. The Hall–Kier alpha value is -1.83. The number of esters is 1. The average Bonchev–Trinajstić information content (AvgIpc) is 3.39. The average molecular weight is 631 g/mol. The second-order valence-electron chi connectivity index (χ2n) is 16.8. The standard InChI is InChI=1S/C44H70O2/c1-8-9-10-11-12-13-14-15-16-17-18-19-20-21-42(45)46-37-28-30-43(6)36(32-37)24-25-38-40-27-26-39(44(40,7)31-29-41(38)43)35(5)23-22-34(4)33(2)3/h9-16,24,33-35,37-41H,8,17-23,25-32H2,1-7H3/b10-9+,12-11+,14-13-,16-15-. The maximum Gasteiger partial charge on any atom is 0.306 e. The molecule has 2 nitrogen and oxygen atoms in total. The molecule has 9 atom stereocenters. The van der Waals surface area contributed by atoms with E-state index in [2.05, 4.69) is 103 Å². The zero-order valence-corrected chi connectivity index (χ0v) is 30.9. The van der Waals surface area contributed by atoms with Gasteiger partial charge in [0.25, 0.3) is 0 Å². The highest BCUT2D eigenvalue weighted by atomic mass is 16.5. The molecule has 0 radical (unpaired) electrons. The maximum absolute atomic E-state index is 12.8. The minimum absolute atomic E-state index is 0.0209. The third-order valence-corrected chi connectivity index (χ3v) is 13.6. The molecule has 0 aromatic heterocycles. The number of unbranched alkanes of at least 4 members (excludes halogenated alkanes) is 3. The number of ether oxygens (including phenoxy) is 1. The van der Waals surface area contributed by atoms with Crippen molar-refractivity contribution in [1.29, 1.82) is 0 Å². The van der Waals surface area contributed by atoms with Crippen LogP contribution in [0, 0.1) is 52.3 Å². The third-order valence-electron chi connectivity index (χ3n) is 13.6. The van der Waals surface area contributed by atoms with Crippen molar-refractivity contribution in [3.8, 4) is 0 Å². The van der Waals surface area contributed by atoms with Crippen LogP contribution < -0.4 is 0 Å². The lowest BCUT2D eigenvalue weighted by molar-refractivity contribution is -0.151. The number of hydrogen-bond donors (Lipinski definition) is 0. The molecule has 9 unspecified atom stereocenters. The summed E-state index contributed by atoms with van der Waals surface area (Å²) in [7, 11) is 0. The SMILES string of the molecule is CC/C=C/C=C/C=C\C=C/CCCCCC(=O)OC1CCC2(C)C(=CCC3C2CCC2(C)C(C(C)CCC(C)C(C)C)CCC32)C1. The number of allylic oxidation sites excluding steroid dienone is 9. The van der Waals surface area contributed by atoms with Crippen LogP contribution in [0.15, 0.2) is 60.3 Å². The van der Waals surface area contributed by atoms with Crippen LogP contribution in [-0.2, 0) is 9.53 Å². The summed E-state index contributed by atoms with van der Waals surface area (Å²) in [6, 6.07) is 0. The summed E-state index contributed by atoms with van der Waals surface area (Å²) in [6.07, 6.45) is 38.4. The van der Waals surface area contributed by atoms with Crippen LogP contribution >= 0.6 is 0 Å². The van der Waals surface area contributed by atoms with Crippen molar-refractivity contribution in [2.24, 2.45) is 52.3 Å². The topological polar surface area (TPSA) is 26.3 Å². The van der Waals surface area contributed by atoms with E-state index in [4.69, 9.17) is 4.74 Å². The van der Waals surface area contributed by atoms with E-state index in [-0.39, 0.29) is 12.1 Å². The lowest BCUT2D eigenvalue weighted by atomic mass is 9.47. The van der Waals surface area contributed by atoms with E-state index in [1.165, 1.54) is 51.4 Å². The first-order chi connectivity index (χ1) is 22.1. The summed E-state index contributed by atoms with van der Waals surface area (Å²) in [5.74, 6) is 6.00. The summed E-state index contributed by atoms with van der Waals surface area (Å²) >= 11 is 0. The maximum atomic E-state index is 12.8. The van der Waals surface area contributed by atoms with Gasteiger partial charge < -0.3 is 4.74 Å². The van der Waals surface area contributed by atoms with Crippen LogP contribution in [0.4, 0.5) is 0 Å². The summed E-state index contributed by atoms with van der Waals surface area (Å²) in [5.41, 5.74) is 2.47. The summed E-state index contributed by atoms with van der Waals surface area (Å²) in [5, 5.41) is 0. The molecule has 4 aliphatic rings. The van der Waals surface area contributed by atoms with Crippen molar-refractivity contribution < 1.29 is 9.53 Å². The lowest BCUT2D eigenvalue weighted by Gasteiger charge is -2.58. The van der Waals surface area contributed by atoms with E-state index in [1.54, 1.807) is 5.57 Å². The summed E-state index contributed by atoms with van der Waals surface area (Å²) in [4.78, 5) is 12.8. The van der Waals surface area contributed by atoms with Gasteiger partial charge in [0.2, 0.25) is 0 Å². The van der Waals surface area contributed by atoms with Crippen LogP contribution in [0.2, 0.25) is 0 Å². The van der Waals surface area contributed by atoms with E-state index in [1.807, 2.05) is 0 Å². The predicted molar refractivity (Wildman–Crippen MR) is 197 cm³/mol. The van der Waals surface area contributed by atoms with Crippen LogP contribution in [0.5, 0.6) is 0 Å². The highest BCUT2D eigenvalue weighted by Gasteiger charge is 2.59. The first kappa shape index (κ1) is 37.0. The Labute approximate surface area is 284 Å². The first-order valence-corrected chi connectivity index (χ1v) is 19.6. The van der Waals surface area contributed by atoms with Crippen molar-refractivity contribution in [2.45, 2.75) is 157 Å². The first-order valence-electron chi connectivity index (χ1n) is 19.6. The summed E-state index contributed by atoms with van der Waals surface area (Å²) < 4.78 is 6.09. The van der Waals surface area contributed by atoms with Crippen LogP contribution in [0.1, 0.15) is 151 Å². The number of carbonyl (C=O) groups excluding carboxylic acids is 1. The molecular formula is C44H70O2. The van der Waals surface area contributed by atoms with Gasteiger partial charge >= 0.3 is 5.97 Å². The van der Waals surface area contributed by atoms with Gasteiger partial charge in [0.05, 0.1) is 0 Å². The molecule has 4 rings (SSSR count). The third kappa shape index (κ3) is 9.19. The highest BCUT2D eigenvalue weighted by molar-refractivity contribution is 5.69. The molecule has 3 saturated carbocycles. The smallest absolute Gasteiger partial charge is 0.306 e. The zero-order valence-electron chi connectivity index (χ0n) is 30.9. The Morgan fingerprint density at radius 1 is 0.870 bits per heavy atom. The van der Waals surface area contributed by atoms with Crippen molar-refractivity contribution in [3.63, 3.8) is 0 Å². The largest absolute Gasteiger partial charge is 0.462 e. The quantitative estimate of drug-likeness (QED) is 0.0734. The zero-order chi connectivity index (χ0) is 33.2. The van der Waals surface area contributed by atoms with Gasteiger partial charge in [-0.25, -0.2) is 0 Å². The van der Waals surface area contributed by atoms with E-state index in [0.717, 1.165) is 86.4 Å². The Balaban J connectivity index is 1.20. The fraction of sp³-hybridized carbons (Fsp3) is 0.750. The second kappa shape index (κ2) is 17.5. The number of carbonyl (C=O) groups is 1. The molecule has 0 aliphatic heterocycles. The van der Waals surface area contributed by atoms with Gasteiger partial charge in [-0.15, -0.1) is 0 Å². The van der Waals surface area contributed by atoms with Crippen molar-refractivity contribution in [2.75, 3.05) is 0 Å². The Morgan fingerprint density at radius 2 is 1.61 bits per heavy atom. The number of fused-ring (bicyclic) bond motifs is 5. The summed E-state index contributed by atoms with van der Waals surface area (Å²) in [6.45, 7) is 17.3. The minimum Gasteiger partial charge on any atom is -0.462 e. The molecule has 0 amide bonds. The van der Waals surface area contributed by atoms with Gasteiger partial charge in [-0.05, 0) is 123 Å². The van der Waals surface area contributed by atoms with Crippen molar-refractivity contribution in [3.05, 3.63) is 60.3 Å². The monoisotopic (exact) mass is 631 g/mol. The molecular weight excluding hydrogens is 560 g/mol. The lowest BCUT2D eigenvalue weighted by Crippen LogP contribution is -2.51. The van der Waals surface area contributed by atoms with Gasteiger partial charge in [-0.2, -0.15) is 0 Å². The van der Waals surface area contributed by atoms with Gasteiger partial charge in [-0.3, -0.25) is 4.79 Å². The molecule has 0 saturated heterocycles. The van der Waals surface area contributed by atoms with E-state index in [0.29, 0.717) is 17.3 Å². The van der Waals surface area contributed by atoms with Crippen LogP contribution in [0.3, 0.4) is 0 Å². The normalized spacial score (nSPS) is 34.3. The fourth-order valence-electron chi connectivity index (χ4n) is 10.4. The minimum atomic E-state index is 0.0209. The Morgan fingerprint density at radius 3 is 2.35 bits per heavy atom. The van der Waals surface area contributed by atoms with E-state index in [9.17, 15) is 4.79 Å². The number of hydrogen-bond acceptors (Lipinski definition) is 2. The molecule has 0 N–H and O–H groups in total. The molecule has 0 bridgehead atoms. The molecule has 3 fully saturated rings. The van der Waals surface area contributed by atoms with Crippen LogP contribution in [-0.4, -0.2) is 12.1 Å². The van der Waals surface area contributed by atoms with Gasteiger partial charge in [0.15, 0.2) is 0 Å². The predicted octanol–water partition coefficient (Wildman–Crippen LogP) is 12.8. The van der Waals surface area contributed by atoms with E-state index >= 15 is 0 Å². The molecule has 2 heteroatoms. The van der Waals surface area contributed by atoms with Crippen LogP contribution in [0.25, 0.3) is 0 Å². The van der Waals surface area contributed by atoms with Crippen molar-refractivity contribution >= 4 is 5.97 Å². The Kier molecular flexibility index (Phi) is 14.1. The molecule has 0 aromatic carbocycles. The molecule has 0 spiro atoms. The second-order valence-corrected chi connectivity index (χ2v) is 16.8. The number of rotatable bonds is 16. The van der Waals surface area contributed by atoms with E-state index < -0.39 is 0 Å². The molecule has 46 heavy (non-hydrogen) atoms. The molecule has 258 valence electrons. The highest BCUT2D eigenvalue weighted by Crippen LogP contribution is 2.67. The fourth-order valence-corrected chi connectivity index (χ4v) is 10.4. The van der Waals surface area contributed by atoms with Gasteiger partial charge in [0.1, 0.15) is 6.10 Å². The van der Waals surface area contributed by atoms with Gasteiger partial charge in [0, 0.05) is 12.8 Å².